The molecule has 0 nitrogen and oxygen atoms in total. The number of rotatable bonds is 1. The first kappa shape index (κ1) is 18.9. The molecule has 4 rings (SSSR count). The Bertz CT molecular complexity index is 920. The molecule has 0 aliphatic rings. The van der Waals surface area contributed by atoms with Crippen LogP contribution < -0.4 is 0 Å². The van der Waals surface area contributed by atoms with Gasteiger partial charge in [0.15, 0.2) is 0 Å². The average molecular weight is 296 g/mol. The van der Waals surface area contributed by atoms with Gasteiger partial charge in [-0.2, -0.15) is 0 Å². The Kier molecular flexibility index (Phi) is 6.04. The van der Waals surface area contributed by atoms with Crippen molar-refractivity contribution in [1.29, 1.82) is 0 Å². The minimum Gasteiger partial charge on any atom is -0.0616 e. The summed E-state index contributed by atoms with van der Waals surface area (Å²) >= 11 is 0. The fourth-order valence-corrected chi connectivity index (χ4v) is 3.42. The van der Waals surface area contributed by atoms with E-state index in [0.717, 1.165) is 0 Å². The predicted molar refractivity (Wildman–Crippen MR) is 108 cm³/mol. The van der Waals surface area contributed by atoms with Crippen molar-refractivity contribution in [3.05, 3.63) is 83.9 Å². The van der Waals surface area contributed by atoms with Crippen molar-refractivity contribution in [1.82, 2.24) is 0 Å². The molecule has 4 aromatic carbocycles. The molecule has 0 aromatic heterocycles. The van der Waals surface area contributed by atoms with E-state index in [9.17, 15) is 0 Å². The van der Waals surface area contributed by atoms with Crippen LogP contribution in [0.4, 0.5) is 0 Å². The standard InChI is InChI=1S/C22H18.2Li/c1-15-11-13-17-7-3-5-9-19(17)21(15)22-16(2)12-14-18-8-4-6-10-20(18)22;;/h3-14H,1-2H3;;. The van der Waals surface area contributed by atoms with Gasteiger partial charge in [-0.25, -0.2) is 0 Å². The molecular formula is C22H18Li2. The summed E-state index contributed by atoms with van der Waals surface area (Å²) in [7, 11) is 0. The molecule has 0 amide bonds. The van der Waals surface area contributed by atoms with E-state index in [-0.39, 0.29) is 37.7 Å². The monoisotopic (exact) mass is 296 g/mol. The molecule has 0 aliphatic carbocycles. The predicted octanol–water partition coefficient (Wildman–Crippen LogP) is 5.52. The molecule has 2 radical (unpaired) electrons. The van der Waals surface area contributed by atoms with Gasteiger partial charge in [-0.15, -0.1) is 0 Å². The quantitative estimate of drug-likeness (QED) is 0.406. The largest absolute Gasteiger partial charge is 0.0616 e. The summed E-state index contributed by atoms with van der Waals surface area (Å²) in [6, 6.07) is 26.2. The van der Waals surface area contributed by atoms with E-state index in [0.29, 0.717) is 0 Å². The van der Waals surface area contributed by atoms with Gasteiger partial charge in [-0.1, -0.05) is 72.8 Å². The minimum absolute atomic E-state index is 0. The maximum atomic E-state index is 2.24. The minimum atomic E-state index is 0. The second-order valence-corrected chi connectivity index (χ2v) is 5.96. The van der Waals surface area contributed by atoms with E-state index in [1.807, 2.05) is 0 Å². The Morgan fingerprint density at radius 1 is 0.458 bits per heavy atom. The van der Waals surface area contributed by atoms with Crippen LogP contribution in [0.5, 0.6) is 0 Å². The molecular weight excluding hydrogens is 278 g/mol. The van der Waals surface area contributed by atoms with E-state index in [4.69, 9.17) is 0 Å². The third kappa shape index (κ3) is 3.09. The molecule has 0 aliphatic heterocycles. The van der Waals surface area contributed by atoms with Crippen molar-refractivity contribution in [2.75, 3.05) is 0 Å². The second-order valence-electron chi connectivity index (χ2n) is 5.96. The van der Waals surface area contributed by atoms with Gasteiger partial charge < -0.3 is 0 Å². The van der Waals surface area contributed by atoms with Crippen LogP contribution in [0.2, 0.25) is 0 Å². The summed E-state index contributed by atoms with van der Waals surface area (Å²) in [6.45, 7) is 4.42. The van der Waals surface area contributed by atoms with Gasteiger partial charge >= 0.3 is 0 Å². The van der Waals surface area contributed by atoms with E-state index >= 15 is 0 Å². The van der Waals surface area contributed by atoms with Crippen LogP contribution in [-0.4, -0.2) is 37.7 Å². The smallest absolute Gasteiger partial charge is 0 e. The summed E-state index contributed by atoms with van der Waals surface area (Å²) in [6.07, 6.45) is 0. The van der Waals surface area contributed by atoms with Crippen molar-refractivity contribution in [2.45, 2.75) is 13.8 Å². The summed E-state index contributed by atoms with van der Waals surface area (Å²) in [5, 5.41) is 5.27. The van der Waals surface area contributed by atoms with Gasteiger partial charge in [-0.3, -0.25) is 0 Å². The van der Waals surface area contributed by atoms with Gasteiger partial charge in [0.2, 0.25) is 0 Å². The normalized spacial score (nSPS) is 10.2. The Morgan fingerprint density at radius 2 is 0.833 bits per heavy atom. The van der Waals surface area contributed by atoms with Gasteiger partial charge in [0.25, 0.3) is 0 Å². The SMILES string of the molecule is Cc1ccc2ccccc2c1-c1c(C)ccc2ccccc12.[Li].[Li]. The van der Waals surface area contributed by atoms with Crippen LogP contribution >= 0.6 is 0 Å². The molecule has 24 heavy (non-hydrogen) atoms. The molecule has 0 saturated carbocycles. The third-order valence-corrected chi connectivity index (χ3v) is 4.52. The molecule has 0 unspecified atom stereocenters. The van der Waals surface area contributed by atoms with Gasteiger partial charge in [0, 0.05) is 37.7 Å². The Labute approximate surface area is 167 Å². The van der Waals surface area contributed by atoms with Crippen molar-refractivity contribution >= 4 is 59.3 Å². The molecule has 108 valence electrons. The van der Waals surface area contributed by atoms with E-state index in [1.165, 1.54) is 43.8 Å². The molecule has 2 heteroatoms. The van der Waals surface area contributed by atoms with Crippen LogP contribution in [0.25, 0.3) is 32.7 Å². The summed E-state index contributed by atoms with van der Waals surface area (Å²) in [4.78, 5) is 0. The molecule has 0 N–H and O–H groups in total. The van der Waals surface area contributed by atoms with E-state index in [1.54, 1.807) is 0 Å². The first-order chi connectivity index (χ1) is 10.8. The van der Waals surface area contributed by atoms with Gasteiger partial charge in [0.05, 0.1) is 0 Å². The van der Waals surface area contributed by atoms with Crippen LogP contribution in [0.15, 0.2) is 72.8 Å². The van der Waals surface area contributed by atoms with Gasteiger partial charge in [-0.05, 0) is 57.6 Å². The molecule has 0 heterocycles. The molecule has 4 aromatic rings. The second kappa shape index (κ2) is 7.65. The fourth-order valence-electron chi connectivity index (χ4n) is 3.42. The Hall–Kier alpha value is -1.41. The zero-order valence-electron chi connectivity index (χ0n) is 14.9. The number of hydrogen-bond donors (Lipinski definition) is 0. The first-order valence-electron chi connectivity index (χ1n) is 7.73. The third-order valence-electron chi connectivity index (χ3n) is 4.52. The average Bonchev–Trinajstić information content (AvgIpc) is 2.56. The van der Waals surface area contributed by atoms with Crippen LogP contribution in [0, 0.1) is 13.8 Å². The molecule has 0 bridgehead atoms. The van der Waals surface area contributed by atoms with Crippen molar-refractivity contribution in [3.8, 4) is 11.1 Å². The van der Waals surface area contributed by atoms with Gasteiger partial charge in [0.1, 0.15) is 0 Å². The number of aryl methyl sites for hydroxylation is 2. The number of benzene rings is 4. The summed E-state index contributed by atoms with van der Waals surface area (Å²) in [5.41, 5.74) is 5.40. The molecule has 0 spiro atoms. The first-order valence-corrected chi connectivity index (χ1v) is 7.73. The fraction of sp³-hybridized carbons (Fsp3) is 0.0909. The maximum Gasteiger partial charge on any atom is 0 e. The Balaban J connectivity index is 0.00000104. The van der Waals surface area contributed by atoms with Crippen molar-refractivity contribution in [2.24, 2.45) is 0 Å². The summed E-state index contributed by atoms with van der Waals surface area (Å²) in [5.74, 6) is 0. The van der Waals surface area contributed by atoms with Crippen molar-refractivity contribution in [3.63, 3.8) is 0 Å². The molecule has 0 saturated heterocycles. The van der Waals surface area contributed by atoms with Crippen LogP contribution in [0.1, 0.15) is 11.1 Å². The zero-order chi connectivity index (χ0) is 15.1. The van der Waals surface area contributed by atoms with Crippen molar-refractivity contribution < 1.29 is 0 Å². The number of fused-ring (bicyclic) bond motifs is 2. The Morgan fingerprint density at radius 3 is 1.25 bits per heavy atom. The molecule has 0 fully saturated rings. The molecule has 0 atom stereocenters. The zero-order valence-corrected chi connectivity index (χ0v) is 14.9. The van der Waals surface area contributed by atoms with Crippen LogP contribution in [0.3, 0.4) is 0 Å². The van der Waals surface area contributed by atoms with E-state index < -0.39 is 0 Å². The van der Waals surface area contributed by atoms with E-state index in [2.05, 4.69) is 86.6 Å². The maximum absolute atomic E-state index is 2.24. The number of hydrogen-bond acceptors (Lipinski definition) is 0. The topological polar surface area (TPSA) is 0 Å². The summed E-state index contributed by atoms with van der Waals surface area (Å²) < 4.78 is 0. The van der Waals surface area contributed by atoms with Crippen LogP contribution in [-0.2, 0) is 0 Å².